The second-order valence-electron chi connectivity index (χ2n) is 5.00. The zero-order chi connectivity index (χ0) is 13.0. The predicted molar refractivity (Wildman–Crippen MR) is 73.6 cm³/mol. The first-order chi connectivity index (χ1) is 8.70. The van der Waals surface area contributed by atoms with Gasteiger partial charge < -0.3 is 10.2 Å². The van der Waals surface area contributed by atoms with Gasteiger partial charge in [-0.15, -0.1) is 0 Å². The standard InChI is InChI=1S/C15H22N2O/c1-3-12-4-6-13(7-5-12)10-15(18)17(2)14-8-9-16-11-14/h4-7,14,16H,3,8-11H2,1-2H3. The number of carbonyl (C=O) groups is 1. The molecule has 1 atom stereocenters. The van der Waals surface area contributed by atoms with Gasteiger partial charge in [-0.05, 0) is 30.5 Å². The fourth-order valence-corrected chi connectivity index (χ4v) is 2.37. The van der Waals surface area contributed by atoms with Crippen molar-refractivity contribution in [3.05, 3.63) is 35.4 Å². The summed E-state index contributed by atoms with van der Waals surface area (Å²) in [6, 6.07) is 8.72. The first-order valence-corrected chi connectivity index (χ1v) is 6.75. The van der Waals surface area contributed by atoms with Crippen LogP contribution < -0.4 is 5.32 Å². The number of rotatable bonds is 4. The van der Waals surface area contributed by atoms with Crippen LogP contribution in [0, 0.1) is 0 Å². The fourth-order valence-electron chi connectivity index (χ4n) is 2.37. The molecule has 1 unspecified atom stereocenters. The molecule has 0 saturated carbocycles. The molecule has 0 aromatic heterocycles. The van der Waals surface area contributed by atoms with E-state index in [4.69, 9.17) is 0 Å². The second-order valence-corrected chi connectivity index (χ2v) is 5.00. The summed E-state index contributed by atoms with van der Waals surface area (Å²) in [5, 5.41) is 3.29. The highest BCUT2D eigenvalue weighted by Gasteiger charge is 2.22. The second kappa shape index (κ2) is 6.01. The summed E-state index contributed by atoms with van der Waals surface area (Å²) < 4.78 is 0. The van der Waals surface area contributed by atoms with E-state index < -0.39 is 0 Å². The number of nitrogens with one attached hydrogen (secondary N) is 1. The maximum atomic E-state index is 12.2. The lowest BCUT2D eigenvalue weighted by atomic mass is 10.1. The molecule has 1 aromatic carbocycles. The van der Waals surface area contributed by atoms with Crippen molar-refractivity contribution in [1.82, 2.24) is 10.2 Å². The van der Waals surface area contributed by atoms with Crippen LogP contribution in [0.15, 0.2) is 24.3 Å². The molecule has 1 aliphatic heterocycles. The average Bonchev–Trinajstić information content (AvgIpc) is 2.92. The van der Waals surface area contributed by atoms with Crippen LogP contribution in [0.3, 0.4) is 0 Å². The van der Waals surface area contributed by atoms with Crippen LogP contribution in [-0.2, 0) is 17.6 Å². The highest BCUT2D eigenvalue weighted by Crippen LogP contribution is 2.10. The quantitative estimate of drug-likeness (QED) is 0.875. The van der Waals surface area contributed by atoms with Crippen LogP contribution in [0.4, 0.5) is 0 Å². The molecule has 18 heavy (non-hydrogen) atoms. The highest BCUT2D eigenvalue weighted by molar-refractivity contribution is 5.78. The third kappa shape index (κ3) is 3.10. The Balaban J connectivity index is 1.93. The van der Waals surface area contributed by atoms with Gasteiger partial charge in [0.2, 0.25) is 5.91 Å². The van der Waals surface area contributed by atoms with Gasteiger partial charge in [0.1, 0.15) is 0 Å². The maximum absolute atomic E-state index is 12.2. The Kier molecular flexibility index (Phi) is 4.37. The Morgan fingerprint density at radius 3 is 2.56 bits per heavy atom. The molecule has 1 saturated heterocycles. The molecular formula is C15H22N2O. The van der Waals surface area contributed by atoms with Crippen molar-refractivity contribution in [1.29, 1.82) is 0 Å². The van der Waals surface area contributed by atoms with E-state index in [0.29, 0.717) is 12.5 Å². The molecule has 0 aliphatic carbocycles. The summed E-state index contributed by atoms with van der Waals surface area (Å²) in [5.74, 6) is 0.216. The Morgan fingerprint density at radius 2 is 2.00 bits per heavy atom. The largest absolute Gasteiger partial charge is 0.341 e. The fraction of sp³-hybridized carbons (Fsp3) is 0.533. The molecule has 3 heteroatoms. The number of benzene rings is 1. The molecule has 3 nitrogen and oxygen atoms in total. The molecule has 0 bridgehead atoms. The summed E-state index contributed by atoms with van der Waals surface area (Å²) in [6.07, 6.45) is 2.62. The first-order valence-electron chi connectivity index (χ1n) is 6.75. The third-order valence-electron chi connectivity index (χ3n) is 3.76. The maximum Gasteiger partial charge on any atom is 0.227 e. The van der Waals surface area contributed by atoms with Crippen molar-refractivity contribution in [2.45, 2.75) is 32.2 Å². The van der Waals surface area contributed by atoms with E-state index in [2.05, 4.69) is 36.5 Å². The molecule has 1 heterocycles. The van der Waals surface area contributed by atoms with Gasteiger partial charge in [-0.1, -0.05) is 31.2 Å². The topological polar surface area (TPSA) is 32.3 Å². The minimum absolute atomic E-state index is 0.216. The molecule has 1 amide bonds. The molecule has 1 N–H and O–H groups in total. The van der Waals surface area contributed by atoms with E-state index in [1.54, 1.807) is 0 Å². The Bertz CT molecular complexity index is 393. The van der Waals surface area contributed by atoms with Gasteiger partial charge in [-0.25, -0.2) is 0 Å². The number of likely N-dealkylation sites (N-methyl/N-ethyl adjacent to an activating group) is 1. The molecular weight excluding hydrogens is 224 g/mol. The number of nitrogens with zero attached hydrogens (tertiary/aromatic N) is 1. The van der Waals surface area contributed by atoms with Gasteiger partial charge in [0, 0.05) is 19.6 Å². The number of hydrogen-bond donors (Lipinski definition) is 1. The third-order valence-corrected chi connectivity index (χ3v) is 3.76. The summed E-state index contributed by atoms with van der Waals surface area (Å²) in [6.45, 7) is 4.09. The van der Waals surface area contributed by atoms with Gasteiger partial charge in [0.05, 0.1) is 6.42 Å². The zero-order valence-electron chi connectivity index (χ0n) is 11.3. The van der Waals surface area contributed by atoms with Gasteiger partial charge in [0.15, 0.2) is 0 Å². The smallest absolute Gasteiger partial charge is 0.227 e. The molecule has 0 spiro atoms. The van der Waals surface area contributed by atoms with E-state index in [0.717, 1.165) is 31.5 Å². The van der Waals surface area contributed by atoms with Crippen molar-refractivity contribution >= 4 is 5.91 Å². The lowest BCUT2D eigenvalue weighted by Crippen LogP contribution is -2.39. The van der Waals surface area contributed by atoms with Crippen molar-refractivity contribution in [3.8, 4) is 0 Å². The lowest BCUT2D eigenvalue weighted by Gasteiger charge is -2.23. The van der Waals surface area contributed by atoms with Crippen LogP contribution in [0.1, 0.15) is 24.5 Å². The van der Waals surface area contributed by atoms with Crippen LogP contribution in [0.5, 0.6) is 0 Å². The van der Waals surface area contributed by atoms with Crippen LogP contribution in [0.2, 0.25) is 0 Å². The number of amides is 1. The van der Waals surface area contributed by atoms with Crippen molar-refractivity contribution in [2.75, 3.05) is 20.1 Å². The van der Waals surface area contributed by atoms with E-state index in [9.17, 15) is 4.79 Å². The highest BCUT2D eigenvalue weighted by atomic mass is 16.2. The molecule has 1 fully saturated rings. The first kappa shape index (κ1) is 13.1. The van der Waals surface area contributed by atoms with Crippen molar-refractivity contribution in [2.24, 2.45) is 0 Å². The Hall–Kier alpha value is -1.35. The summed E-state index contributed by atoms with van der Waals surface area (Å²) >= 11 is 0. The van der Waals surface area contributed by atoms with E-state index in [1.807, 2.05) is 11.9 Å². The monoisotopic (exact) mass is 246 g/mol. The lowest BCUT2D eigenvalue weighted by molar-refractivity contribution is -0.130. The molecule has 1 aliphatic rings. The number of carbonyl (C=O) groups excluding carboxylic acids is 1. The SMILES string of the molecule is CCc1ccc(CC(=O)N(C)C2CCNC2)cc1. The predicted octanol–water partition coefficient (Wildman–Crippen LogP) is 1.61. The van der Waals surface area contributed by atoms with Crippen molar-refractivity contribution < 1.29 is 4.79 Å². The number of aryl methyl sites for hydroxylation is 1. The van der Waals surface area contributed by atoms with E-state index in [1.165, 1.54) is 5.56 Å². The van der Waals surface area contributed by atoms with Gasteiger partial charge in [-0.2, -0.15) is 0 Å². The van der Waals surface area contributed by atoms with Gasteiger partial charge in [0.25, 0.3) is 0 Å². The van der Waals surface area contributed by atoms with E-state index in [-0.39, 0.29) is 5.91 Å². The van der Waals surface area contributed by atoms with Gasteiger partial charge >= 0.3 is 0 Å². The Labute approximate surface area is 109 Å². The molecule has 1 aromatic rings. The van der Waals surface area contributed by atoms with Crippen LogP contribution in [0.25, 0.3) is 0 Å². The average molecular weight is 246 g/mol. The number of hydrogen-bond acceptors (Lipinski definition) is 2. The zero-order valence-corrected chi connectivity index (χ0v) is 11.3. The van der Waals surface area contributed by atoms with Crippen LogP contribution in [-0.4, -0.2) is 37.0 Å². The Morgan fingerprint density at radius 1 is 1.33 bits per heavy atom. The summed E-state index contributed by atoms with van der Waals surface area (Å²) in [5.41, 5.74) is 2.43. The van der Waals surface area contributed by atoms with Crippen LogP contribution >= 0.6 is 0 Å². The molecule has 0 radical (unpaired) electrons. The minimum atomic E-state index is 0.216. The minimum Gasteiger partial charge on any atom is -0.341 e. The normalized spacial score (nSPS) is 18.9. The molecule has 98 valence electrons. The summed E-state index contributed by atoms with van der Waals surface area (Å²) in [7, 11) is 1.92. The van der Waals surface area contributed by atoms with E-state index >= 15 is 0 Å². The summed E-state index contributed by atoms with van der Waals surface area (Å²) in [4.78, 5) is 14.0. The van der Waals surface area contributed by atoms with Gasteiger partial charge in [-0.3, -0.25) is 4.79 Å². The van der Waals surface area contributed by atoms with Crippen molar-refractivity contribution in [3.63, 3.8) is 0 Å². The molecule has 2 rings (SSSR count).